The van der Waals surface area contributed by atoms with E-state index in [1.54, 1.807) is 0 Å². The molecule has 0 amide bonds. The van der Waals surface area contributed by atoms with Crippen molar-refractivity contribution < 1.29 is 21.8 Å². The number of hydrogen-bond acceptors (Lipinski definition) is 3. The Bertz CT molecular complexity index is 637. The van der Waals surface area contributed by atoms with Crippen molar-refractivity contribution in [2.45, 2.75) is 207 Å². The van der Waals surface area contributed by atoms with Crippen molar-refractivity contribution in [3.05, 3.63) is 0 Å². The number of rotatable bonds is 30. The fourth-order valence-corrected chi connectivity index (χ4v) is 6.79. The van der Waals surface area contributed by atoms with Crippen molar-refractivity contribution in [2.24, 2.45) is 0 Å². The van der Waals surface area contributed by atoms with E-state index < -0.39 is 15.1 Å². The highest BCUT2D eigenvalue weighted by Gasteiger charge is 2.36. The van der Waals surface area contributed by atoms with E-state index in [9.17, 15) is 17.4 Å². The molecule has 0 fully saturated rings. The summed E-state index contributed by atoms with van der Waals surface area (Å²) >= 11 is 0. The summed E-state index contributed by atoms with van der Waals surface area (Å²) in [7, 11) is -4.90. The summed E-state index contributed by atoms with van der Waals surface area (Å²) in [5, 5.41) is -2.56. The number of alkyl halides is 1. The summed E-state index contributed by atoms with van der Waals surface area (Å²) in [4.78, 5) is 0. The molecule has 1 atom stereocenters. The van der Waals surface area contributed by atoms with Crippen LogP contribution in [-0.4, -0.2) is 48.6 Å². The highest BCUT2D eigenvalue weighted by molar-refractivity contribution is 7.87. The minimum absolute atomic E-state index is 0.132. The zero-order chi connectivity index (χ0) is 32.0. The highest BCUT2D eigenvalue weighted by atomic mass is 32.2. The van der Waals surface area contributed by atoms with Crippen LogP contribution in [0.15, 0.2) is 0 Å². The second kappa shape index (κ2) is 29.5. The van der Waals surface area contributed by atoms with Crippen molar-refractivity contribution in [3.8, 4) is 0 Å². The summed E-state index contributed by atoms with van der Waals surface area (Å²) in [5.41, 5.74) is 0. The SMILES string of the molecule is CCCCCCCCCCCCCCCCCCC(F)(CCCCCCCCC)S(=O)(=O)[O-].CC[N+](CC)(CC)CC. The third-order valence-corrected chi connectivity index (χ3v) is 11.0. The summed E-state index contributed by atoms with van der Waals surface area (Å²) in [5.74, 6) is 0. The average Bonchev–Trinajstić information content (AvgIpc) is 2.98. The molecule has 0 bridgehead atoms. The summed E-state index contributed by atoms with van der Waals surface area (Å²) in [6.07, 6.45) is 26.2. The predicted octanol–water partition coefficient (Wildman–Crippen LogP) is 11.9. The fraction of sp³-hybridized carbons (Fsp3) is 1.00. The summed E-state index contributed by atoms with van der Waals surface area (Å²) in [6.45, 7) is 18.6. The van der Waals surface area contributed by atoms with Gasteiger partial charge in [0.05, 0.1) is 26.2 Å². The molecular formula is C36H76FNO3S. The van der Waals surface area contributed by atoms with Gasteiger partial charge in [0.15, 0.2) is 5.00 Å². The Kier molecular flexibility index (Phi) is 30.9. The molecule has 4 nitrogen and oxygen atoms in total. The lowest BCUT2D eigenvalue weighted by atomic mass is 10.0. The smallest absolute Gasteiger partial charge is 0.199 e. The Labute approximate surface area is 264 Å². The zero-order valence-corrected chi connectivity index (χ0v) is 30.3. The molecule has 0 radical (unpaired) electrons. The van der Waals surface area contributed by atoms with Crippen LogP contribution in [0.1, 0.15) is 202 Å². The number of hydrogen-bond donors (Lipinski definition) is 0. The van der Waals surface area contributed by atoms with E-state index in [-0.39, 0.29) is 12.8 Å². The van der Waals surface area contributed by atoms with Crippen LogP contribution in [0.4, 0.5) is 4.39 Å². The predicted molar refractivity (Wildman–Crippen MR) is 183 cm³/mol. The lowest BCUT2D eigenvalue weighted by Gasteiger charge is -2.34. The van der Waals surface area contributed by atoms with E-state index in [1.165, 1.54) is 127 Å². The Balaban J connectivity index is 0. The molecule has 0 rings (SSSR count). The first-order chi connectivity index (χ1) is 20.1. The largest absolute Gasteiger partial charge is 0.745 e. The maximum Gasteiger partial charge on any atom is 0.199 e. The molecular weight excluding hydrogens is 545 g/mol. The van der Waals surface area contributed by atoms with Gasteiger partial charge in [0, 0.05) is 0 Å². The molecule has 0 spiro atoms. The van der Waals surface area contributed by atoms with Gasteiger partial charge in [-0.25, -0.2) is 12.8 Å². The standard InChI is InChI=1S/C28H57FO3S.C8H20N/c1-3-5-7-9-11-12-13-14-15-16-17-18-19-21-23-25-27-28(29,33(30,31)32)26-24-22-20-10-8-6-4-2;1-5-9(6-2,7-3)8-4/h3-27H2,1-2H3,(H,30,31,32);5-8H2,1-4H3/q;+1/p-1. The maximum atomic E-state index is 14.9. The highest BCUT2D eigenvalue weighted by Crippen LogP contribution is 2.32. The molecule has 0 aliphatic carbocycles. The van der Waals surface area contributed by atoms with Crippen LogP contribution >= 0.6 is 0 Å². The molecule has 0 aromatic heterocycles. The molecule has 0 N–H and O–H groups in total. The molecule has 0 aliphatic rings. The van der Waals surface area contributed by atoms with Crippen LogP contribution in [0.2, 0.25) is 0 Å². The van der Waals surface area contributed by atoms with E-state index in [2.05, 4.69) is 41.5 Å². The molecule has 0 aromatic carbocycles. The topological polar surface area (TPSA) is 57.2 Å². The van der Waals surface area contributed by atoms with Crippen molar-refractivity contribution in [1.29, 1.82) is 0 Å². The molecule has 0 aliphatic heterocycles. The molecule has 6 heteroatoms. The fourth-order valence-electron chi connectivity index (χ4n) is 6.00. The first kappa shape index (κ1) is 43.9. The van der Waals surface area contributed by atoms with Gasteiger partial charge in [-0.1, -0.05) is 149 Å². The molecule has 0 saturated heterocycles. The monoisotopic (exact) mass is 622 g/mol. The molecule has 0 aromatic rings. The number of nitrogens with zero attached hydrogens (tertiary/aromatic N) is 1. The molecule has 0 saturated carbocycles. The van der Waals surface area contributed by atoms with E-state index in [0.29, 0.717) is 12.8 Å². The summed E-state index contributed by atoms with van der Waals surface area (Å²) < 4.78 is 50.7. The van der Waals surface area contributed by atoms with Crippen LogP contribution < -0.4 is 0 Å². The van der Waals surface area contributed by atoms with Crippen molar-refractivity contribution in [3.63, 3.8) is 0 Å². The quantitative estimate of drug-likeness (QED) is 0.0455. The second-order valence-corrected chi connectivity index (χ2v) is 14.5. The second-order valence-electron chi connectivity index (χ2n) is 12.9. The Hall–Kier alpha value is -0.200. The van der Waals surface area contributed by atoms with Crippen LogP contribution in [-0.2, 0) is 10.1 Å². The third-order valence-electron chi connectivity index (χ3n) is 9.69. The number of quaternary nitrogens is 1. The van der Waals surface area contributed by atoms with Gasteiger partial charge in [-0.15, -0.1) is 0 Å². The average molecular weight is 622 g/mol. The lowest BCUT2D eigenvalue weighted by molar-refractivity contribution is -0.921. The lowest BCUT2D eigenvalue weighted by Crippen LogP contribution is -2.47. The van der Waals surface area contributed by atoms with Gasteiger partial charge < -0.3 is 9.04 Å². The number of unbranched alkanes of at least 4 members (excludes halogenated alkanes) is 21. The minimum atomic E-state index is -4.90. The van der Waals surface area contributed by atoms with Crippen molar-refractivity contribution >= 4 is 10.1 Å². The molecule has 42 heavy (non-hydrogen) atoms. The van der Waals surface area contributed by atoms with Crippen LogP contribution in [0, 0.1) is 0 Å². The van der Waals surface area contributed by atoms with Crippen LogP contribution in [0.25, 0.3) is 0 Å². The molecule has 256 valence electrons. The minimum Gasteiger partial charge on any atom is -0.745 e. The van der Waals surface area contributed by atoms with Gasteiger partial charge in [-0.05, 0) is 53.4 Å². The van der Waals surface area contributed by atoms with Gasteiger partial charge in [-0.2, -0.15) is 0 Å². The van der Waals surface area contributed by atoms with Gasteiger partial charge in [0.2, 0.25) is 0 Å². The van der Waals surface area contributed by atoms with Gasteiger partial charge in [0.1, 0.15) is 10.1 Å². The summed E-state index contributed by atoms with van der Waals surface area (Å²) in [6, 6.07) is 0. The number of halogens is 1. The first-order valence-electron chi connectivity index (χ1n) is 18.6. The zero-order valence-electron chi connectivity index (χ0n) is 29.5. The third kappa shape index (κ3) is 24.2. The maximum absolute atomic E-state index is 14.9. The van der Waals surface area contributed by atoms with Crippen LogP contribution in [0.3, 0.4) is 0 Å². The van der Waals surface area contributed by atoms with E-state index in [1.807, 2.05) is 0 Å². The molecule has 1 unspecified atom stereocenters. The molecule has 0 heterocycles. The van der Waals surface area contributed by atoms with Crippen molar-refractivity contribution in [2.75, 3.05) is 26.2 Å². The van der Waals surface area contributed by atoms with Gasteiger partial charge >= 0.3 is 0 Å². The van der Waals surface area contributed by atoms with Gasteiger partial charge in [0.25, 0.3) is 0 Å². The Morgan fingerprint density at radius 2 is 0.667 bits per heavy atom. The van der Waals surface area contributed by atoms with Gasteiger partial charge in [-0.3, -0.25) is 0 Å². The van der Waals surface area contributed by atoms with Crippen LogP contribution in [0.5, 0.6) is 0 Å². The van der Waals surface area contributed by atoms with E-state index in [0.717, 1.165) is 38.5 Å². The van der Waals surface area contributed by atoms with E-state index >= 15 is 0 Å². The normalized spacial score (nSPS) is 13.5. The Morgan fingerprint density at radius 3 is 0.833 bits per heavy atom. The van der Waals surface area contributed by atoms with Crippen molar-refractivity contribution in [1.82, 2.24) is 0 Å². The Morgan fingerprint density at radius 1 is 0.452 bits per heavy atom. The van der Waals surface area contributed by atoms with E-state index in [4.69, 9.17) is 0 Å². The first-order valence-corrected chi connectivity index (χ1v) is 20.0.